The number of rotatable bonds is 10. The number of nitrogens with zero attached hydrogens (tertiary/aromatic N) is 1. The van der Waals surface area contributed by atoms with Gasteiger partial charge in [-0.2, -0.15) is 12.7 Å². The van der Waals surface area contributed by atoms with Crippen LogP contribution in [-0.2, 0) is 31.4 Å². The number of sulfonamides is 1. The van der Waals surface area contributed by atoms with Crippen molar-refractivity contribution in [3.63, 3.8) is 0 Å². The fourth-order valence-corrected chi connectivity index (χ4v) is 5.28. The van der Waals surface area contributed by atoms with Crippen molar-refractivity contribution in [2.75, 3.05) is 26.0 Å². The maximum atomic E-state index is 13.6. The maximum Gasteiger partial charge on any atom is 0.308 e. The monoisotopic (exact) mass is 463 g/mol. The second-order valence-electron chi connectivity index (χ2n) is 6.89. The molecule has 0 aliphatic carbocycles. The Balaban J connectivity index is 1.97. The minimum atomic E-state index is -3.86. The van der Waals surface area contributed by atoms with Crippen LogP contribution >= 0.6 is 0 Å². The number of methoxy groups -OCH3 is 1. The van der Waals surface area contributed by atoms with Crippen LogP contribution in [-0.4, -0.2) is 47.2 Å². The zero-order chi connectivity index (χ0) is 22.5. The van der Waals surface area contributed by atoms with Crippen molar-refractivity contribution in [3.05, 3.63) is 72.3 Å². The molecule has 0 N–H and O–H groups in total. The molecule has 31 heavy (non-hydrogen) atoms. The van der Waals surface area contributed by atoms with Crippen molar-refractivity contribution in [2.45, 2.75) is 18.4 Å². The van der Waals surface area contributed by atoms with Crippen LogP contribution in [0.2, 0.25) is 0 Å². The molecular weight excluding hydrogens is 438 g/mol. The van der Waals surface area contributed by atoms with Crippen LogP contribution in [0.5, 0.6) is 5.75 Å². The third kappa shape index (κ3) is 5.62. The highest BCUT2D eigenvalue weighted by molar-refractivity contribution is 7.89. The van der Waals surface area contributed by atoms with Crippen molar-refractivity contribution in [1.29, 1.82) is 0 Å². The number of fused-ring (bicyclic) bond motifs is 1. The fourth-order valence-electron chi connectivity index (χ4n) is 3.14. The van der Waals surface area contributed by atoms with Gasteiger partial charge in [0.2, 0.25) is 10.0 Å². The topological polar surface area (TPSA) is 90.0 Å². The molecule has 7 nitrogen and oxygen atoms in total. The Morgan fingerprint density at radius 2 is 1.61 bits per heavy atom. The molecule has 0 aliphatic heterocycles. The van der Waals surface area contributed by atoms with Crippen molar-refractivity contribution < 1.29 is 25.8 Å². The SMILES string of the molecule is CCS(=O)(=O)Oc1cccc(CN(CCOC)S(=O)(=O)c2cccc3ccccc23)c1. The molecule has 3 aromatic rings. The summed E-state index contributed by atoms with van der Waals surface area (Å²) < 4.78 is 62.2. The third-order valence-corrected chi connectivity index (χ3v) is 7.80. The second-order valence-corrected chi connectivity index (χ2v) is 10.7. The lowest BCUT2D eigenvalue weighted by molar-refractivity contribution is 0.177. The van der Waals surface area contributed by atoms with Crippen LogP contribution in [0.25, 0.3) is 10.8 Å². The lowest BCUT2D eigenvalue weighted by atomic mass is 10.1. The summed E-state index contributed by atoms with van der Waals surface area (Å²) in [5.74, 6) is -0.0132. The van der Waals surface area contributed by atoms with Crippen molar-refractivity contribution >= 4 is 30.9 Å². The Labute approximate surface area is 183 Å². The lowest BCUT2D eigenvalue weighted by Gasteiger charge is -2.23. The molecule has 0 saturated carbocycles. The molecule has 3 aromatic carbocycles. The smallest absolute Gasteiger partial charge is 0.308 e. The molecule has 9 heteroatoms. The van der Waals surface area contributed by atoms with Crippen molar-refractivity contribution in [3.8, 4) is 5.75 Å². The van der Waals surface area contributed by atoms with Gasteiger partial charge in [-0.15, -0.1) is 0 Å². The van der Waals surface area contributed by atoms with Gasteiger partial charge in [-0.1, -0.05) is 48.5 Å². The molecule has 3 rings (SSSR count). The largest absolute Gasteiger partial charge is 0.383 e. The highest BCUT2D eigenvalue weighted by atomic mass is 32.2. The van der Waals surface area contributed by atoms with Gasteiger partial charge in [0.05, 0.1) is 17.3 Å². The van der Waals surface area contributed by atoms with E-state index in [-0.39, 0.29) is 36.1 Å². The van der Waals surface area contributed by atoms with Gasteiger partial charge in [-0.3, -0.25) is 0 Å². The van der Waals surface area contributed by atoms with Gasteiger partial charge in [0.25, 0.3) is 0 Å². The van der Waals surface area contributed by atoms with E-state index in [1.165, 1.54) is 30.5 Å². The first-order valence-electron chi connectivity index (χ1n) is 9.75. The summed E-state index contributed by atoms with van der Waals surface area (Å²) in [5.41, 5.74) is 0.601. The van der Waals surface area contributed by atoms with Gasteiger partial charge in [-0.05, 0) is 36.1 Å². The molecule has 0 unspecified atom stereocenters. The number of benzene rings is 3. The summed E-state index contributed by atoms with van der Waals surface area (Å²) in [6, 6.07) is 18.9. The quantitative estimate of drug-likeness (QED) is 0.428. The molecule has 0 fully saturated rings. The molecule has 0 saturated heterocycles. The van der Waals surface area contributed by atoms with E-state index in [2.05, 4.69) is 0 Å². The molecule has 0 amide bonds. The molecular formula is C22H25NO6S2. The average Bonchev–Trinajstić information content (AvgIpc) is 2.76. The van der Waals surface area contributed by atoms with E-state index in [4.69, 9.17) is 8.92 Å². The minimum Gasteiger partial charge on any atom is -0.383 e. The van der Waals surface area contributed by atoms with E-state index in [1.807, 2.05) is 18.2 Å². The molecule has 166 valence electrons. The fraction of sp³-hybridized carbons (Fsp3) is 0.273. The summed E-state index contributed by atoms with van der Waals surface area (Å²) >= 11 is 0. The standard InChI is InChI=1S/C22H25NO6S2/c1-3-30(24,25)29-20-11-6-8-18(16-20)17-23(14-15-28-2)31(26,27)22-13-7-10-19-9-4-5-12-21(19)22/h4-13,16H,3,14-15,17H2,1-2H3. The first-order valence-corrected chi connectivity index (χ1v) is 12.8. The predicted octanol–water partition coefficient (Wildman–Crippen LogP) is 3.41. The Morgan fingerprint density at radius 1 is 0.903 bits per heavy atom. The Hall–Kier alpha value is -2.46. The lowest BCUT2D eigenvalue weighted by Crippen LogP contribution is -2.33. The maximum absolute atomic E-state index is 13.6. The van der Waals surface area contributed by atoms with Crippen molar-refractivity contribution in [2.24, 2.45) is 0 Å². The normalized spacial score (nSPS) is 12.4. The molecule has 0 spiro atoms. The molecule has 0 radical (unpaired) electrons. The van der Waals surface area contributed by atoms with Crippen LogP contribution in [0.1, 0.15) is 12.5 Å². The van der Waals surface area contributed by atoms with E-state index >= 15 is 0 Å². The summed E-state index contributed by atoms with van der Waals surface area (Å²) in [6.07, 6.45) is 0. The van der Waals surface area contributed by atoms with Crippen molar-refractivity contribution in [1.82, 2.24) is 4.31 Å². The highest BCUT2D eigenvalue weighted by Crippen LogP contribution is 2.27. The van der Waals surface area contributed by atoms with E-state index in [9.17, 15) is 16.8 Å². The molecule has 0 heterocycles. The minimum absolute atomic E-state index is 0.0400. The van der Waals surface area contributed by atoms with E-state index in [0.29, 0.717) is 10.9 Å². The average molecular weight is 464 g/mol. The number of hydrogen-bond donors (Lipinski definition) is 0. The number of hydrogen-bond acceptors (Lipinski definition) is 6. The third-order valence-electron chi connectivity index (χ3n) is 4.75. The summed E-state index contributed by atoms with van der Waals surface area (Å²) in [4.78, 5) is 0.211. The summed E-state index contributed by atoms with van der Waals surface area (Å²) in [7, 11) is -6.03. The van der Waals surface area contributed by atoms with Gasteiger partial charge in [-0.25, -0.2) is 8.42 Å². The summed E-state index contributed by atoms with van der Waals surface area (Å²) in [6.45, 7) is 1.88. The summed E-state index contributed by atoms with van der Waals surface area (Å²) in [5, 5.41) is 1.47. The van der Waals surface area contributed by atoms with Crippen LogP contribution < -0.4 is 4.18 Å². The number of ether oxygens (including phenoxy) is 1. The van der Waals surface area contributed by atoms with Gasteiger partial charge in [0.15, 0.2) is 0 Å². The molecule has 0 aromatic heterocycles. The van der Waals surface area contributed by atoms with Gasteiger partial charge >= 0.3 is 10.1 Å². The van der Waals surface area contributed by atoms with Crippen LogP contribution in [0.4, 0.5) is 0 Å². The van der Waals surface area contributed by atoms with Gasteiger partial charge in [0.1, 0.15) is 5.75 Å². The second kappa shape index (κ2) is 9.78. The first kappa shape index (κ1) is 23.2. The van der Waals surface area contributed by atoms with Crippen LogP contribution in [0.3, 0.4) is 0 Å². The zero-order valence-corrected chi connectivity index (χ0v) is 19.0. The van der Waals surface area contributed by atoms with Crippen LogP contribution in [0, 0.1) is 0 Å². The van der Waals surface area contributed by atoms with Crippen LogP contribution in [0.15, 0.2) is 71.6 Å². The van der Waals surface area contributed by atoms with E-state index in [0.717, 1.165) is 5.39 Å². The zero-order valence-electron chi connectivity index (χ0n) is 17.4. The molecule has 0 bridgehead atoms. The van der Waals surface area contributed by atoms with E-state index in [1.54, 1.807) is 36.4 Å². The first-order chi connectivity index (χ1) is 14.8. The predicted molar refractivity (Wildman–Crippen MR) is 120 cm³/mol. The van der Waals surface area contributed by atoms with E-state index < -0.39 is 20.1 Å². The molecule has 0 aliphatic rings. The molecule has 0 atom stereocenters. The Kier molecular flexibility index (Phi) is 7.32. The highest BCUT2D eigenvalue weighted by Gasteiger charge is 2.26. The van der Waals surface area contributed by atoms with Gasteiger partial charge in [0, 0.05) is 25.6 Å². The van der Waals surface area contributed by atoms with Gasteiger partial charge < -0.3 is 8.92 Å². The Morgan fingerprint density at radius 3 is 2.35 bits per heavy atom. The Bertz CT molecular complexity index is 1250.